The first kappa shape index (κ1) is 21.0. The Morgan fingerprint density at radius 3 is 2.74 bits per heavy atom. The van der Waals surface area contributed by atoms with Crippen molar-refractivity contribution in [2.75, 3.05) is 13.7 Å². The van der Waals surface area contributed by atoms with E-state index in [-0.39, 0.29) is 24.1 Å². The minimum Gasteiger partial charge on any atom is -0.481 e. The van der Waals surface area contributed by atoms with Crippen LogP contribution in [0.5, 0.6) is 5.75 Å². The SMILES string of the molecule is COC(=O)COc1ccc(/C=C(\C#N)C(=O)N[C@H]2CCCC[C@H]2C)cc1Br. The maximum Gasteiger partial charge on any atom is 0.343 e. The summed E-state index contributed by atoms with van der Waals surface area (Å²) >= 11 is 3.37. The van der Waals surface area contributed by atoms with Crippen LogP contribution in [0.1, 0.15) is 38.2 Å². The molecule has 1 amide bonds. The first-order valence-corrected chi connectivity index (χ1v) is 9.65. The van der Waals surface area contributed by atoms with Crippen molar-refractivity contribution in [3.8, 4) is 11.8 Å². The molecule has 0 heterocycles. The number of rotatable bonds is 6. The fourth-order valence-corrected chi connectivity index (χ4v) is 3.52. The van der Waals surface area contributed by atoms with Crippen molar-refractivity contribution >= 4 is 33.9 Å². The van der Waals surface area contributed by atoms with Crippen LogP contribution in [0.25, 0.3) is 6.08 Å². The number of esters is 1. The molecule has 144 valence electrons. The fourth-order valence-electron chi connectivity index (χ4n) is 3.01. The minimum atomic E-state index is -0.480. The summed E-state index contributed by atoms with van der Waals surface area (Å²) in [6.45, 7) is 1.93. The van der Waals surface area contributed by atoms with Crippen LogP contribution in [0.15, 0.2) is 28.2 Å². The molecule has 1 aliphatic rings. The molecular formula is C20H23BrN2O4. The molecule has 1 N–H and O–H groups in total. The molecule has 0 spiro atoms. The van der Waals surface area contributed by atoms with Gasteiger partial charge in [-0.2, -0.15) is 5.26 Å². The number of carbonyl (C=O) groups excluding carboxylic acids is 2. The summed E-state index contributed by atoms with van der Waals surface area (Å²) in [6, 6.07) is 7.19. The molecule has 0 unspecified atom stereocenters. The van der Waals surface area contributed by atoms with Crippen molar-refractivity contribution in [1.29, 1.82) is 5.26 Å². The molecule has 0 bridgehead atoms. The average Bonchev–Trinajstić information content (AvgIpc) is 2.66. The van der Waals surface area contributed by atoms with Gasteiger partial charge in [-0.15, -0.1) is 0 Å². The highest BCUT2D eigenvalue weighted by Gasteiger charge is 2.24. The highest BCUT2D eigenvalue weighted by Crippen LogP contribution is 2.27. The van der Waals surface area contributed by atoms with Gasteiger partial charge in [-0.25, -0.2) is 4.79 Å². The van der Waals surface area contributed by atoms with Crippen LogP contribution >= 0.6 is 15.9 Å². The lowest BCUT2D eigenvalue weighted by Crippen LogP contribution is -2.41. The Kier molecular flexibility index (Phi) is 7.86. The van der Waals surface area contributed by atoms with Gasteiger partial charge in [-0.1, -0.05) is 25.8 Å². The Morgan fingerprint density at radius 1 is 1.37 bits per heavy atom. The summed E-state index contributed by atoms with van der Waals surface area (Å²) in [4.78, 5) is 23.6. The number of ether oxygens (including phenoxy) is 2. The van der Waals surface area contributed by atoms with E-state index in [4.69, 9.17) is 4.74 Å². The number of halogens is 1. The first-order chi connectivity index (χ1) is 12.9. The minimum absolute atomic E-state index is 0.0582. The Labute approximate surface area is 167 Å². The van der Waals surface area contributed by atoms with Gasteiger partial charge in [0.25, 0.3) is 5.91 Å². The molecular weight excluding hydrogens is 412 g/mol. The van der Waals surface area contributed by atoms with E-state index < -0.39 is 5.97 Å². The average molecular weight is 435 g/mol. The summed E-state index contributed by atoms with van der Waals surface area (Å²) in [6.07, 6.45) is 5.87. The zero-order valence-electron chi connectivity index (χ0n) is 15.5. The van der Waals surface area contributed by atoms with Crippen LogP contribution in [0.2, 0.25) is 0 Å². The van der Waals surface area contributed by atoms with Crippen LogP contribution in [-0.2, 0) is 14.3 Å². The van der Waals surface area contributed by atoms with Crippen molar-refractivity contribution in [2.45, 2.75) is 38.6 Å². The molecule has 1 fully saturated rings. The van der Waals surface area contributed by atoms with E-state index in [1.807, 2.05) is 6.07 Å². The van der Waals surface area contributed by atoms with Crippen LogP contribution in [0.4, 0.5) is 0 Å². The van der Waals surface area contributed by atoms with Crippen LogP contribution in [-0.4, -0.2) is 31.6 Å². The van der Waals surface area contributed by atoms with E-state index >= 15 is 0 Å². The lowest BCUT2D eigenvalue weighted by Gasteiger charge is -2.29. The van der Waals surface area contributed by atoms with E-state index in [1.165, 1.54) is 19.6 Å². The van der Waals surface area contributed by atoms with E-state index in [0.29, 0.717) is 21.7 Å². The molecule has 0 radical (unpaired) electrons. The van der Waals surface area contributed by atoms with E-state index in [2.05, 4.69) is 32.9 Å². The van der Waals surface area contributed by atoms with Gasteiger partial charge in [-0.05, 0) is 58.5 Å². The Hall–Kier alpha value is -2.33. The third-order valence-corrected chi connectivity index (χ3v) is 5.25. The maximum absolute atomic E-state index is 12.5. The number of hydrogen-bond acceptors (Lipinski definition) is 5. The maximum atomic E-state index is 12.5. The topological polar surface area (TPSA) is 88.4 Å². The van der Waals surface area contributed by atoms with Gasteiger partial charge in [0.2, 0.25) is 0 Å². The van der Waals surface area contributed by atoms with E-state index in [0.717, 1.165) is 19.3 Å². The number of amides is 1. The molecule has 1 aliphatic carbocycles. The van der Waals surface area contributed by atoms with Gasteiger partial charge < -0.3 is 14.8 Å². The second-order valence-corrected chi connectivity index (χ2v) is 7.42. The number of methoxy groups -OCH3 is 1. The predicted molar refractivity (Wildman–Crippen MR) is 105 cm³/mol. The number of benzene rings is 1. The smallest absolute Gasteiger partial charge is 0.343 e. The zero-order valence-corrected chi connectivity index (χ0v) is 17.0. The molecule has 2 rings (SSSR count). The van der Waals surface area contributed by atoms with Crippen molar-refractivity contribution < 1.29 is 19.1 Å². The Morgan fingerprint density at radius 2 is 2.11 bits per heavy atom. The molecule has 1 aromatic carbocycles. The molecule has 0 aliphatic heterocycles. The van der Waals surface area contributed by atoms with Gasteiger partial charge in [-0.3, -0.25) is 4.79 Å². The van der Waals surface area contributed by atoms with E-state index in [9.17, 15) is 14.9 Å². The zero-order chi connectivity index (χ0) is 19.8. The van der Waals surface area contributed by atoms with Gasteiger partial charge >= 0.3 is 5.97 Å². The van der Waals surface area contributed by atoms with Crippen LogP contribution in [0.3, 0.4) is 0 Å². The summed E-state index contributed by atoms with van der Waals surface area (Å²) in [5, 5.41) is 12.4. The summed E-state index contributed by atoms with van der Waals surface area (Å²) < 4.78 is 10.5. The molecule has 27 heavy (non-hydrogen) atoms. The lowest BCUT2D eigenvalue weighted by atomic mass is 9.86. The molecule has 2 atom stereocenters. The monoisotopic (exact) mass is 434 g/mol. The number of carbonyl (C=O) groups is 2. The van der Waals surface area contributed by atoms with Crippen molar-refractivity contribution in [1.82, 2.24) is 5.32 Å². The van der Waals surface area contributed by atoms with Crippen LogP contribution in [0, 0.1) is 17.2 Å². The molecule has 6 nitrogen and oxygen atoms in total. The Bertz CT molecular complexity index is 770. The van der Waals surface area contributed by atoms with E-state index in [1.54, 1.807) is 18.2 Å². The third-order valence-electron chi connectivity index (χ3n) is 4.63. The lowest BCUT2D eigenvalue weighted by molar-refractivity contribution is -0.142. The predicted octanol–water partition coefficient (Wildman–Crippen LogP) is 3.60. The number of nitriles is 1. The van der Waals surface area contributed by atoms with Gasteiger partial charge in [0.1, 0.15) is 17.4 Å². The highest BCUT2D eigenvalue weighted by atomic mass is 79.9. The van der Waals surface area contributed by atoms with Crippen LogP contribution < -0.4 is 10.1 Å². The van der Waals surface area contributed by atoms with Crippen molar-refractivity contribution in [3.63, 3.8) is 0 Å². The summed E-state index contributed by atoms with van der Waals surface area (Å²) in [5.41, 5.74) is 0.735. The number of nitrogens with one attached hydrogen (secondary N) is 1. The quantitative estimate of drug-likeness (QED) is 0.419. The normalized spacial score (nSPS) is 19.7. The van der Waals surface area contributed by atoms with Gasteiger partial charge in [0.05, 0.1) is 11.6 Å². The van der Waals surface area contributed by atoms with Crippen molar-refractivity contribution in [3.05, 3.63) is 33.8 Å². The number of nitrogens with zero attached hydrogens (tertiary/aromatic N) is 1. The summed E-state index contributed by atoms with van der Waals surface area (Å²) in [7, 11) is 1.29. The molecule has 1 saturated carbocycles. The number of hydrogen-bond donors (Lipinski definition) is 1. The molecule has 1 aromatic rings. The fraction of sp³-hybridized carbons (Fsp3) is 0.450. The first-order valence-electron chi connectivity index (χ1n) is 8.86. The second-order valence-electron chi connectivity index (χ2n) is 6.57. The largest absolute Gasteiger partial charge is 0.481 e. The Balaban J connectivity index is 2.07. The molecule has 0 aromatic heterocycles. The van der Waals surface area contributed by atoms with Gasteiger partial charge in [0, 0.05) is 6.04 Å². The standard InChI is InChI=1S/C20H23BrN2O4/c1-13-5-3-4-6-17(13)23-20(25)15(11-22)9-14-7-8-18(16(21)10-14)27-12-19(24)26-2/h7-10,13,17H,3-6,12H2,1-2H3,(H,23,25)/b15-9+/t13-,17+/m1/s1. The third kappa shape index (κ3) is 6.10. The summed E-state index contributed by atoms with van der Waals surface area (Å²) in [5.74, 6) is 0.0595. The molecule has 7 heteroatoms. The van der Waals surface area contributed by atoms with Gasteiger partial charge in [0.15, 0.2) is 6.61 Å². The highest BCUT2D eigenvalue weighted by molar-refractivity contribution is 9.10. The second kappa shape index (κ2) is 10.1. The molecule has 0 saturated heterocycles. The van der Waals surface area contributed by atoms with Crippen molar-refractivity contribution in [2.24, 2.45) is 5.92 Å².